The number of fused-ring (bicyclic) bond motifs is 1. The third-order valence-corrected chi connectivity index (χ3v) is 2.81. The molecular formula is C13H12N2O2. The van der Waals surface area contributed by atoms with Crippen molar-refractivity contribution in [1.82, 2.24) is 9.72 Å². The van der Waals surface area contributed by atoms with Crippen LogP contribution in [0.15, 0.2) is 47.2 Å². The van der Waals surface area contributed by atoms with Crippen molar-refractivity contribution in [3.05, 3.63) is 48.5 Å². The van der Waals surface area contributed by atoms with Crippen LogP contribution in [0.5, 0.6) is 5.75 Å². The minimum Gasteiger partial charge on any atom is -0.496 e. The van der Waals surface area contributed by atoms with Crippen LogP contribution in [0.2, 0.25) is 0 Å². The maximum Gasteiger partial charge on any atom is 0.156 e. The van der Waals surface area contributed by atoms with E-state index in [2.05, 4.69) is 15.8 Å². The molecule has 2 aromatic heterocycles. The maximum absolute atomic E-state index is 5.33. The minimum atomic E-state index is 0.677. The maximum atomic E-state index is 5.33. The van der Waals surface area contributed by atoms with Crippen LogP contribution >= 0.6 is 0 Å². The lowest BCUT2D eigenvalue weighted by Gasteiger charge is -2.04. The molecule has 0 bridgehead atoms. The number of ether oxygens (including phenoxy) is 1. The fourth-order valence-electron chi connectivity index (χ4n) is 2.00. The number of benzene rings is 1. The Hall–Kier alpha value is -2.23. The van der Waals surface area contributed by atoms with Crippen LogP contribution in [0.1, 0.15) is 5.76 Å². The highest BCUT2D eigenvalue weighted by atomic mass is 16.5. The second-order valence-electron chi connectivity index (χ2n) is 3.82. The SMILES string of the molecule is COc1cccc2c1ccn2Cc1ccno1. The van der Waals surface area contributed by atoms with E-state index in [4.69, 9.17) is 9.26 Å². The van der Waals surface area contributed by atoms with E-state index >= 15 is 0 Å². The first-order valence-corrected chi connectivity index (χ1v) is 5.40. The van der Waals surface area contributed by atoms with E-state index in [-0.39, 0.29) is 0 Å². The van der Waals surface area contributed by atoms with E-state index in [1.807, 2.05) is 30.5 Å². The minimum absolute atomic E-state index is 0.677. The van der Waals surface area contributed by atoms with Gasteiger partial charge in [0.1, 0.15) is 5.75 Å². The van der Waals surface area contributed by atoms with Gasteiger partial charge in [0.05, 0.1) is 25.4 Å². The lowest BCUT2D eigenvalue weighted by Crippen LogP contribution is -1.96. The van der Waals surface area contributed by atoms with Crippen molar-refractivity contribution in [2.24, 2.45) is 0 Å². The smallest absolute Gasteiger partial charge is 0.156 e. The monoisotopic (exact) mass is 228 g/mol. The molecule has 0 aliphatic heterocycles. The molecule has 0 amide bonds. The average Bonchev–Trinajstić information content (AvgIpc) is 2.99. The zero-order valence-corrected chi connectivity index (χ0v) is 9.46. The number of methoxy groups -OCH3 is 1. The van der Waals surface area contributed by atoms with Gasteiger partial charge in [0, 0.05) is 17.6 Å². The predicted molar refractivity (Wildman–Crippen MR) is 64.1 cm³/mol. The molecule has 0 unspecified atom stereocenters. The normalized spacial score (nSPS) is 10.9. The molecule has 0 saturated heterocycles. The topological polar surface area (TPSA) is 40.2 Å². The van der Waals surface area contributed by atoms with E-state index in [0.717, 1.165) is 22.4 Å². The molecule has 1 aromatic carbocycles. The van der Waals surface area contributed by atoms with Crippen molar-refractivity contribution in [2.75, 3.05) is 7.11 Å². The quantitative estimate of drug-likeness (QED) is 0.692. The summed E-state index contributed by atoms with van der Waals surface area (Å²) in [6.07, 6.45) is 3.68. The zero-order chi connectivity index (χ0) is 11.7. The van der Waals surface area contributed by atoms with Gasteiger partial charge in [-0.2, -0.15) is 0 Å². The van der Waals surface area contributed by atoms with Gasteiger partial charge in [0.15, 0.2) is 5.76 Å². The van der Waals surface area contributed by atoms with Gasteiger partial charge in [-0.15, -0.1) is 0 Å². The number of aromatic nitrogens is 2. The van der Waals surface area contributed by atoms with Crippen molar-refractivity contribution in [3.8, 4) is 5.75 Å². The van der Waals surface area contributed by atoms with Crippen LogP contribution in [-0.2, 0) is 6.54 Å². The largest absolute Gasteiger partial charge is 0.496 e. The average molecular weight is 228 g/mol. The van der Waals surface area contributed by atoms with Gasteiger partial charge in [0.25, 0.3) is 0 Å². The van der Waals surface area contributed by atoms with Gasteiger partial charge in [-0.05, 0) is 18.2 Å². The Morgan fingerprint density at radius 2 is 2.24 bits per heavy atom. The van der Waals surface area contributed by atoms with Crippen LogP contribution in [0, 0.1) is 0 Å². The van der Waals surface area contributed by atoms with Crippen LogP contribution in [0.4, 0.5) is 0 Å². The molecule has 4 nitrogen and oxygen atoms in total. The molecule has 0 aliphatic carbocycles. The lowest BCUT2D eigenvalue weighted by atomic mass is 10.2. The molecule has 0 aliphatic rings. The summed E-state index contributed by atoms with van der Waals surface area (Å²) in [7, 11) is 1.68. The third-order valence-electron chi connectivity index (χ3n) is 2.81. The lowest BCUT2D eigenvalue weighted by molar-refractivity contribution is 0.377. The molecule has 0 spiro atoms. The van der Waals surface area contributed by atoms with Gasteiger partial charge >= 0.3 is 0 Å². The highest BCUT2D eigenvalue weighted by Gasteiger charge is 2.07. The molecule has 0 atom stereocenters. The second kappa shape index (κ2) is 3.97. The highest BCUT2D eigenvalue weighted by Crippen LogP contribution is 2.26. The summed E-state index contributed by atoms with van der Waals surface area (Å²) >= 11 is 0. The predicted octanol–water partition coefficient (Wildman–Crippen LogP) is 2.69. The summed E-state index contributed by atoms with van der Waals surface area (Å²) in [5.41, 5.74) is 1.13. The molecule has 0 saturated carbocycles. The number of hydrogen-bond acceptors (Lipinski definition) is 3. The van der Waals surface area contributed by atoms with E-state index < -0.39 is 0 Å². The van der Waals surface area contributed by atoms with Crippen molar-refractivity contribution in [3.63, 3.8) is 0 Å². The van der Waals surface area contributed by atoms with Gasteiger partial charge in [0.2, 0.25) is 0 Å². The Labute approximate surface area is 98.4 Å². The fraction of sp³-hybridized carbons (Fsp3) is 0.154. The molecule has 3 aromatic rings. The molecule has 4 heteroatoms. The number of hydrogen-bond donors (Lipinski definition) is 0. The summed E-state index contributed by atoms with van der Waals surface area (Å²) < 4.78 is 12.5. The highest BCUT2D eigenvalue weighted by molar-refractivity contribution is 5.86. The van der Waals surface area contributed by atoms with E-state index in [1.165, 1.54) is 0 Å². The van der Waals surface area contributed by atoms with Crippen LogP contribution in [0.3, 0.4) is 0 Å². The first-order chi connectivity index (χ1) is 8.38. The van der Waals surface area contributed by atoms with Crippen molar-refractivity contribution >= 4 is 10.9 Å². The molecule has 0 N–H and O–H groups in total. The van der Waals surface area contributed by atoms with Gasteiger partial charge in [-0.3, -0.25) is 0 Å². The molecule has 17 heavy (non-hydrogen) atoms. The van der Waals surface area contributed by atoms with Gasteiger partial charge in [-0.1, -0.05) is 11.2 Å². The first-order valence-electron chi connectivity index (χ1n) is 5.40. The fourth-order valence-corrected chi connectivity index (χ4v) is 2.00. The Kier molecular flexibility index (Phi) is 2.33. The first kappa shape index (κ1) is 9.96. The number of rotatable bonds is 3. The third kappa shape index (κ3) is 1.67. The van der Waals surface area contributed by atoms with Crippen LogP contribution < -0.4 is 4.74 Å². The summed E-state index contributed by atoms with van der Waals surface area (Å²) in [6, 6.07) is 9.92. The summed E-state index contributed by atoms with van der Waals surface area (Å²) in [5, 5.41) is 4.81. The molecule has 0 fully saturated rings. The molecule has 3 rings (SSSR count). The standard InChI is InChI=1S/C13H12N2O2/c1-16-13-4-2-3-12-11(13)6-8-15(12)9-10-5-7-14-17-10/h2-8H,9H2,1H3. The Bertz CT molecular complexity index is 626. The van der Waals surface area contributed by atoms with E-state index in [1.54, 1.807) is 13.3 Å². The van der Waals surface area contributed by atoms with Crippen molar-refractivity contribution < 1.29 is 9.26 Å². The molecule has 86 valence electrons. The molecular weight excluding hydrogens is 216 g/mol. The summed E-state index contributed by atoms with van der Waals surface area (Å²) in [4.78, 5) is 0. The molecule has 2 heterocycles. The molecule has 0 radical (unpaired) electrons. The van der Waals surface area contributed by atoms with Crippen LogP contribution in [0.25, 0.3) is 10.9 Å². The van der Waals surface area contributed by atoms with Gasteiger partial charge in [-0.25, -0.2) is 0 Å². The zero-order valence-electron chi connectivity index (χ0n) is 9.46. The Morgan fingerprint density at radius 3 is 3.00 bits per heavy atom. The summed E-state index contributed by atoms with van der Waals surface area (Å²) in [6.45, 7) is 0.677. The van der Waals surface area contributed by atoms with Crippen molar-refractivity contribution in [2.45, 2.75) is 6.54 Å². The Balaban J connectivity index is 2.06. The van der Waals surface area contributed by atoms with Crippen LogP contribution in [-0.4, -0.2) is 16.8 Å². The van der Waals surface area contributed by atoms with E-state index in [9.17, 15) is 0 Å². The summed E-state index contributed by atoms with van der Waals surface area (Å²) in [5.74, 6) is 1.73. The van der Waals surface area contributed by atoms with Gasteiger partial charge < -0.3 is 13.8 Å². The van der Waals surface area contributed by atoms with Crippen molar-refractivity contribution in [1.29, 1.82) is 0 Å². The van der Waals surface area contributed by atoms with E-state index in [0.29, 0.717) is 6.54 Å². The number of nitrogens with zero attached hydrogens (tertiary/aromatic N) is 2. The Morgan fingerprint density at radius 1 is 1.29 bits per heavy atom. The second-order valence-corrected chi connectivity index (χ2v) is 3.82.